The predicted molar refractivity (Wildman–Crippen MR) is 86.1 cm³/mol. The van der Waals surface area contributed by atoms with E-state index in [0.29, 0.717) is 16.4 Å². The van der Waals surface area contributed by atoms with Gasteiger partial charge < -0.3 is 5.73 Å². The van der Waals surface area contributed by atoms with Gasteiger partial charge in [-0.15, -0.1) is 0 Å². The van der Waals surface area contributed by atoms with Gasteiger partial charge in [0, 0.05) is 10.0 Å². The van der Waals surface area contributed by atoms with Gasteiger partial charge in [0.15, 0.2) is 0 Å². The highest BCUT2D eigenvalue weighted by atomic mass is 79.9. The fourth-order valence-electron chi connectivity index (χ4n) is 2.01. The highest BCUT2D eigenvalue weighted by molar-refractivity contribution is 9.10. The minimum atomic E-state index is 0.592. The Labute approximate surface area is 130 Å². The Bertz CT molecular complexity index is 767. The van der Waals surface area contributed by atoms with Crippen LogP contribution in [-0.2, 0) is 0 Å². The lowest BCUT2D eigenvalue weighted by atomic mass is 10.1. The maximum Gasteiger partial charge on any atom is 0.117 e. The maximum atomic E-state index is 6.20. The number of hydrogen-bond acceptors (Lipinski definition) is 2. The van der Waals surface area contributed by atoms with Gasteiger partial charge in [-0.25, -0.2) is 4.68 Å². The van der Waals surface area contributed by atoms with E-state index in [4.69, 9.17) is 17.3 Å². The zero-order valence-electron chi connectivity index (χ0n) is 10.4. The van der Waals surface area contributed by atoms with E-state index in [1.54, 1.807) is 10.9 Å². The molecule has 5 heteroatoms. The van der Waals surface area contributed by atoms with Crippen molar-refractivity contribution in [3.05, 3.63) is 64.2 Å². The van der Waals surface area contributed by atoms with Gasteiger partial charge in [-0.05, 0) is 34.1 Å². The molecule has 0 fully saturated rings. The summed E-state index contributed by atoms with van der Waals surface area (Å²) in [5, 5.41) is 5.18. The molecule has 0 saturated heterocycles. The van der Waals surface area contributed by atoms with Crippen LogP contribution in [0.1, 0.15) is 0 Å². The van der Waals surface area contributed by atoms with E-state index in [1.807, 2.05) is 48.5 Å². The Kier molecular flexibility index (Phi) is 3.51. The maximum absolute atomic E-state index is 6.20. The van der Waals surface area contributed by atoms with Crippen molar-refractivity contribution in [3.63, 3.8) is 0 Å². The molecule has 0 saturated carbocycles. The van der Waals surface area contributed by atoms with Crippen LogP contribution in [0.4, 0.5) is 5.69 Å². The Morgan fingerprint density at radius 1 is 1.05 bits per heavy atom. The molecule has 0 aliphatic heterocycles. The molecule has 20 heavy (non-hydrogen) atoms. The van der Waals surface area contributed by atoms with E-state index in [2.05, 4.69) is 21.0 Å². The molecule has 1 heterocycles. The molecule has 0 spiro atoms. The first-order chi connectivity index (χ1) is 9.66. The Balaban J connectivity index is 2.13. The summed E-state index contributed by atoms with van der Waals surface area (Å²) in [6.45, 7) is 0. The van der Waals surface area contributed by atoms with Crippen molar-refractivity contribution in [2.45, 2.75) is 0 Å². The third-order valence-corrected chi connectivity index (χ3v) is 3.97. The molecule has 0 bridgehead atoms. The van der Waals surface area contributed by atoms with Gasteiger partial charge in [0.25, 0.3) is 0 Å². The third kappa shape index (κ3) is 2.32. The van der Waals surface area contributed by atoms with Crippen molar-refractivity contribution >= 4 is 33.2 Å². The summed E-state index contributed by atoms with van der Waals surface area (Å²) in [4.78, 5) is 0. The van der Waals surface area contributed by atoms with Crippen molar-refractivity contribution in [2.75, 3.05) is 5.73 Å². The molecule has 1 aromatic heterocycles. The molecule has 0 unspecified atom stereocenters. The molecule has 3 rings (SSSR count). The topological polar surface area (TPSA) is 43.8 Å². The first kappa shape index (κ1) is 13.2. The summed E-state index contributed by atoms with van der Waals surface area (Å²) in [5.41, 5.74) is 9.11. The number of nitrogens with zero attached hydrogens (tertiary/aromatic N) is 2. The second-order valence-electron chi connectivity index (χ2n) is 4.31. The van der Waals surface area contributed by atoms with Crippen molar-refractivity contribution in [1.29, 1.82) is 0 Å². The average Bonchev–Trinajstić information content (AvgIpc) is 2.81. The van der Waals surface area contributed by atoms with Crippen LogP contribution in [0, 0.1) is 0 Å². The van der Waals surface area contributed by atoms with Gasteiger partial charge in [-0.3, -0.25) is 0 Å². The summed E-state index contributed by atoms with van der Waals surface area (Å²) in [5.74, 6) is 0. The van der Waals surface area contributed by atoms with Crippen LogP contribution in [-0.4, -0.2) is 9.78 Å². The van der Waals surface area contributed by atoms with Crippen LogP contribution >= 0.6 is 27.5 Å². The molecule has 100 valence electrons. The number of nitrogen functional groups attached to an aromatic ring is 1. The summed E-state index contributed by atoms with van der Waals surface area (Å²) in [6.07, 6.45) is 1.79. The monoisotopic (exact) mass is 347 g/mol. The predicted octanol–water partition coefficient (Wildman–Crippen LogP) is 4.54. The molecule has 0 aliphatic carbocycles. The van der Waals surface area contributed by atoms with Gasteiger partial charge in [0.05, 0.1) is 22.6 Å². The molecule has 2 aromatic carbocycles. The minimum Gasteiger partial charge on any atom is -0.396 e. The Morgan fingerprint density at radius 3 is 2.50 bits per heavy atom. The second-order valence-corrected chi connectivity index (χ2v) is 5.57. The van der Waals surface area contributed by atoms with Gasteiger partial charge in [0.1, 0.15) is 5.69 Å². The van der Waals surface area contributed by atoms with Gasteiger partial charge in [-0.2, -0.15) is 5.10 Å². The van der Waals surface area contributed by atoms with Crippen LogP contribution in [0.25, 0.3) is 16.9 Å². The number of halogens is 2. The largest absolute Gasteiger partial charge is 0.396 e. The van der Waals surface area contributed by atoms with Crippen LogP contribution in [0.15, 0.2) is 59.2 Å². The first-order valence-corrected chi connectivity index (χ1v) is 7.19. The number of aromatic nitrogens is 2. The second kappa shape index (κ2) is 5.31. The van der Waals surface area contributed by atoms with Crippen molar-refractivity contribution in [3.8, 4) is 16.9 Å². The lowest BCUT2D eigenvalue weighted by Crippen LogP contribution is -1.95. The van der Waals surface area contributed by atoms with E-state index in [-0.39, 0.29) is 0 Å². The van der Waals surface area contributed by atoms with Crippen LogP contribution in [0.3, 0.4) is 0 Å². The number of anilines is 1. The standard InChI is InChI=1S/C15H11BrClN3/c16-11-6-2-4-8-14(11)20-9-13(18)15(19-20)10-5-1-3-7-12(10)17/h1-9H,18H2. The zero-order chi connectivity index (χ0) is 14.1. The molecule has 2 N–H and O–H groups in total. The molecular formula is C15H11BrClN3. The zero-order valence-corrected chi connectivity index (χ0v) is 12.8. The van der Waals surface area contributed by atoms with E-state index >= 15 is 0 Å². The fraction of sp³-hybridized carbons (Fsp3) is 0. The van der Waals surface area contributed by atoms with Crippen molar-refractivity contribution in [2.24, 2.45) is 0 Å². The number of nitrogens with two attached hydrogens (primary N) is 1. The molecule has 0 amide bonds. The third-order valence-electron chi connectivity index (χ3n) is 2.97. The van der Waals surface area contributed by atoms with Crippen LogP contribution in [0.5, 0.6) is 0 Å². The Hall–Kier alpha value is -1.78. The lowest BCUT2D eigenvalue weighted by Gasteiger charge is -2.04. The number of hydrogen-bond donors (Lipinski definition) is 1. The molecule has 3 aromatic rings. The van der Waals surface area contributed by atoms with E-state index in [0.717, 1.165) is 15.7 Å². The molecular weight excluding hydrogens is 338 g/mol. The minimum absolute atomic E-state index is 0.592. The van der Waals surface area contributed by atoms with Crippen molar-refractivity contribution in [1.82, 2.24) is 9.78 Å². The fourth-order valence-corrected chi connectivity index (χ4v) is 2.70. The quantitative estimate of drug-likeness (QED) is 0.739. The van der Waals surface area contributed by atoms with E-state index in [9.17, 15) is 0 Å². The van der Waals surface area contributed by atoms with Crippen LogP contribution in [0.2, 0.25) is 5.02 Å². The number of para-hydroxylation sites is 1. The molecule has 0 aliphatic rings. The highest BCUT2D eigenvalue weighted by Crippen LogP contribution is 2.32. The molecule has 0 radical (unpaired) electrons. The van der Waals surface area contributed by atoms with Crippen molar-refractivity contribution < 1.29 is 0 Å². The number of benzene rings is 2. The lowest BCUT2D eigenvalue weighted by molar-refractivity contribution is 0.880. The van der Waals surface area contributed by atoms with Gasteiger partial charge >= 0.3 is 0 Å². The number of rotatable bonds is 2. The van der Waals surface area contributed by atoms with Crippen LogP contribution < -0.4 is 5.73 Å². The molecule has 0 atom stereocenters. The average molecular weight is 349 g/mol. The van der Waals surface area contributed by atoms with E-state index < -0.39 is 0 Å². The smallest absolute Gasteiger partial charge is 0.117 e. The van der Waals surface area contributed by atoms with Gasteiger partial charge in [0.2, 0.25) is 0 Å². The first-order valence-electron chi connectivity index (χ1n) is 6.02. The summed E-state index contributed by atoms with van der Waals surface area (Å²) >= 11 is 9.71. The van der Waals surface area contributed by atoms with Gasteiger partial charge in [-0.1, -0.05) is 41.9 Å². The molecule has 3 nitrogen and oxygen atoms in total. The van der Waals surface area contributed by atoms with E-state index in [1.165, 1.54) is 0 Å². The summed E-state index contributed by atoms with van der Waals surface area (Å²) in [7, 11) is 0. The summed E-state index contributed by atoms with van der Waals surface area (Å²) in [6, 6.07) is 15.4. The normalized spacial score (nSPS) is 10.7. The summed E-state index contributed by atoms with van der Waals surface area (Å²) < 4.78 is 2.70. The highest BCUT2D eigenvalue weighted by Gasteiger charge is 2.13. The SMILES string of the molecule is Nc1cn(-c2ccccc2Br)nc1-c1ccccc1Cl. The Morgan fingerprint density at radius 2 is 1.75 bits per heavy atom.